The Kier molecular flexibility index (Phi) is 6.48. The summed E-state index contributed by atoms with van der Waals surface area (Å²) >= 11 is 0. The van der Waals surface area contributed by atoms with Crippen LogP contribution in [0.2, 0.25) is 0 Å². The number of ketones is 1. The third-order valence-corrected chi connectivity index (χ3v) is 9.51. The second-order valence-corrected chi connectivity index (χ2v) is 11.9. The van der Waals surface area contributed by atoms with E-state index in [4.69, 9.17) is 15.0 Å². The molecule has 2 N–H and O–H groups in total. The summed E-state index contributed by atoms with van der Waals surface area (Å²) in [6.07, 6.45) is 10.2. The first-order valence-corrected chi connectivity index (χ1v) is 14.7. The lowest BCUT2D eigenvalue weighted by atomic mass is 9.84. The monoisotopic (exact) mass is 546 g/mol. The lowest BCUT2D eigenvalue weighted by molar-refractivity contribution is -0.117. The number of aliphatic hydroxyl groups excluding tert-OH is 1. The lowest BCUT2D eigenvalue weighted by Gasteiger charge is -2.19. The van der Waals surface area contributed by atoms with Gasteiger partial charge in [0.25, 0.3) is 0 Å². The molecule has 0 aromatic rings. The highest BCUT2D eigenvalue weighted by molar-refractivity contribution is 6.21. The number of aliphatic hydroxyl groups is 1. The summed E-state index contributed by atoms with van der Waals surface area (Å²) in [5.41, 5.74) is 14.6. The molecule has 1 saturated heterocycles. The summed E-state index contributed by atoms with van der Waals surface area (Å²) < 4.78 is 0. The fourth-order valence-corrected chi connectivity index (χ4v) is 7.00. The smallest absolute Gasteiger partial charge is 0.129 e. The Balaban J connectivity index is 1.64. The Morgan fingerprint density at radius 3 is 2.41 bits per heavy atom. The van der Waals surface area contributed by atoms with E-state index in [1.807, 2.05) is 19.9 Å². The molecule has 6 heteroatoms. The first-order valence-electron chi connectivity index (χ1n) is 14.7. The highest BCUT2D eigenvalue weighted by Gasteiger charge is 2.44. The Bertz CT molecular complexity index is 1690. The molecule has 0 saturated carbocycles. The molecule has 1 fully saturated rings. The van der Waals surface area contributed by atoms with Crippen molar-refractivity contribution in [1.82, 2.24) is 5.32 Å². The quantitative estimate of drug-likeness (QED) is 0.375. The number of nitrogens with one attached hydrogen (secondary N) is 1. The molecule has 0 unspecified atom stereocenters. The Morgan fingerprint density at radius 1 is 1.02 bits per heavy atom. The van der Waals surface area contributed by atoms with Gasteiger partial charge in [0.05, 0.1) is 34.2 Å². The summed E-state index contributed by atoms with van der Waals surface area (Å²) in [6.45, 7) is 18.4. The fourth-order valence-electron chi connectivity index (χ4n) is 7.00. The first kappa shape index (κ1) is 27.1. The van der Waals surface area contributed by atoms with Crippen molar-refractivity contribution in [2.45, 2.75) is 67.7 Å². The van der Waals surface area contributed by atoms with E-state index >= 15 is 0 Å². The van der Waals surface area contributed by atoms with E-state index in [0.29, 0.717) is 12.2 Å². The highest BCUT2D eigenvalue weighted by Crippen LogP contribution is 2.48. The maximum absolute atomic E-state index is 12.1. The molecule has 1 aliphatic carbocycles. The summed E-state index contributed by atoms with van der Waals surface area (Å²) in [5.74, 6) is 0.568. The van der Waals surface area contributed by atoms with Crippen LogP contribution in [0.4, 0.5) is 0 Å². The van der Waals surface area contributed by atoms with E-state index in [2.05, 4.69) is 57.8 Å². The molecular formula is C35H38N4O2. The van der Waals surface area contributed by atoms with Gasteiger partial charge in [-0.3, -0.25) is 0 Å². The minimum atomic E-state index is -0.197. The zero-order valence-corrected chi connectivity index (χ0v) is 25.1. The van der Waals surface area contributed by atoms with Crippen LogP contribution in [-0.2, 0) is 4.79 Å². The molecule has 6 rings (SSSR count). The third-order valence-electron chi connectivity index (χ3n) is 9.51. The van der Waals surface area contributed by atoms with Gasteiger partial charge in [-0.05, 0) is 81.1 Å². The molecule has 5 aliphatic heterocycles. The van der Waals surface area contributed by atoms with Gasteiger partial charge in [0, 0.05) is 52.3 Å². The molecular weight excluding hydrogens is 508 g/mol. The number of hydrogen-bond acceptors (Lipinski definition) is 6. The SMILES string of the molecule is C=CC1=C(C)C2=NC1=CC1=NC(=CC3=C(C)C4=C(O)[C@H](C)C(=C5NC(=C2)[C@@H](C)[C@@H]5CCC(C)=O)C4=N3)C(CC)=C1C. The largest absolute Gasteiger partial charge is 0.511 e. The van der Waals surface area contributed by atoms with E-state index in [1.54, 1.807) is 6.92 Å². The predicted molar refractivity (Wildman–Crippen MR) is 167 cm³/mol. The van der Waals surface area contributed by atoms with Gasteiger partial charge in [-0.2, -0.15) is 0 Å². The van der Waals surface area contributed by atoms with Gasteiger partial charge in [0.1, 0.15) is 11.5 Å². The molecule has 41 heavy (non-hydrogen) atoms. The molecule has 3 atom stereocenters. The average Bonchev–Trinajstić information content (AvgIpc) is 3.65. The van der Waals surface area contributed by atoms with Crippen LogP contribution in [0.5, 0.6) is 0 Å². The second-order valence-electron chi connectivity index (χ2n) is 11.9. The third kappa shape index (κ3) is 4.06. The normalized spacial score (nSPS) is 26.9. The standard InChI is InChI=1S/C35H38N4O2/c1-9-22-17(4)25-13-27-19(6)24(12-11-16(3)40)33(38-27)31-21(8)35(41)32-20(7)28(39-34(31)32)15-30-23(10-2)18(5)26(37-30)14-29(22)36-25/h9,13-15,19,21,24,38,41H,1,10-12H2,2-8H3/t19-,21+,24-/m0/s1. The fraction of sp³-hybridized carbons (Fsp3) is 0.371. The van der Waals surface area contributed by atoms with Gasteiger partial charge >= 0.3 is 0 Å². The minimum absolute atomic E-state index is 0.0925. The van der Waals surface area contributed by atoms with E-state index < -0.39 is 0 Å². The molecule has 210 valence electrons. The molecule has 8 bridgehead atoms. The van der Waals surface area contributed by atoms with Gasteiger partial charge < -0.3 is 15.2 Å². The van der Waals surface area contributed by atoms with Gasteiger partial charge in [0.15, 0.2) is 0 Å². The topological polar surface area (TPSA) is 86.4 Å². The number of rotatable bonds is 5. The lowest BCUT2D eigenvalue weighted by Crippen LogP contribution is -2.18. The van der Waals surface area contributed by atoms with Crippen molar-refractivity contribution >= 4 is 22.9 Å². The Hall–Kier alpha value is -4.06. The Morgan fingerprint density at radius 2 is 1.73 bits per heavy atom. The van der Waals surface area contributed by atoms with Gasteiger partial charge in [0.2, 0.25) is 0 Å². The molecule has 0 spiro atoms. The van der Waals surface area contributed by atoms with Crippen molar-refractivity contribution in [3.05, 3.63) is 104 Å². The van der Waals surface area contributed by atoms with Crippen molar-refractivity contribution in [3.63, 3.8) is 0 Å². The highest BCUT2D eigenvalue weighted by atomic mass is 16.3. The summed E-state index contributed by atoms with van der Waals surface area (Å²) in [5, 5.41) is 15.2. The number of fused-ring (bicyclic) bond motifs is 5. The van der Waals surface area contributed by atoms with Crippen LogP contribution in [-0.4, -0.2) is 28.0 Å². The van der Waals surface area contributed by atoms with Crippen LogP contribution in [0.3, 0.4) is 0 Å². The number of nitrogens with zero attached hydrogens (tertiary/aromatic N) is 3. The van der Waals surface area contributed by atoms with E-state index in [9.17, 15) is 9.90 Å². The number of carbonyl (C=O) groups is 1. The van der Waals surface area contributed by atoms with E-state index in [1.165, 1.54) is 5.57 Å². The van der Waals surface area contributed by atoms with Crippen molar-refractivity contribution in [1.29, 1.82) is 0 Å². The second kappa shape index (κ2) is 9.79. The van der Waals surface area contributed by atoms with Crippen molar-refractivity contribution < 1.29 is 9.90 Å². The van der Waals surface area contributed by atoms with Crippen molar-refractivity contribution in [2.75, 3.05) is 0 Å². The number of hydrogen-bond donors (Lipinski definition) is 2. The summed E-state index contributed by atoms with van der Waals surface area (Å²) in [4.78, 5) is 27.4. The Labute approximate surface area is 242 Å². The number of Topliss-reactive ketones (excluding diaryl/α,β-unsaturated/α-hetero) is 1. The predicted octanol–water partition coefficient (Wildman–Crippen LogP) is 7.46. The van der Waals surface area contributed by atoms with Crippen molar-refractivity contribution in [2.24, 2.45) is 32.7 Å². The average molecular weight is 547 g/mol. The molecule has 6 nitrogen and oxygen atoms in total. The van der Waals surface area contributed by atoms with E-state index in [-0.39, 0.29) is 23.5 Å². The van der Waals surface area contributed by atoms with Crippen LogP contribution in [0.15, 0.2) is 119 Å². The van der Waals surface area contributed by atoms with E-state index in [0.717, 1.165) is 91.9 Å². The van der Waals surface area contributed by atoms with Crippen LogP contribution in [0.25, 0.3) is 0 Å². The first-order chi connectivity index (χ1) is 19.5. The molecule has 0 aromatic carbocycles. The molecule has 5 heterocycles. The number of allylic oxidation sites excluding steroid dienone is 12. The van der Waals surface area contributed by atoms with Gasteiger partial charge in [-0.1, -0.05) is 33.4 Å². The molecule has 0 radical (unpaired) electrons. The molecule has 0 aromatic heterocycles. The zero-order valence-electron chi connectivity index (χ0n) is 25.1. The summed E-state index contributed by atoms with van der Waals surface area (Å²) in [6, 6.07) is 0. The van der Waals surface area contributed by atoms with Crippen LogP contribution in [0, 0.1) is 17.8 Å². The van der Waals surface area contributed by atoms with Crippen LogP contribution >= 0.6 is 0 Å². The zero-order chi connectivity index (χ0) is 29.3. The number of carbonyl (C=O) groups excluding carboxylic acids is 1. The minimum Gasteiger partial charge on any atom is -0.511 e. The van der Waals surface area contributed by atoms with Gasteiger partial charge in [-0.15, -0.1) is 0 Å². The number of aliphatic imine (C=N–C) groups is 3. The van der Waals surface area contributed by atoms with Crippen molar-refractivity contribution in [3.8, 4) is 0 Å². The molecule has 0 amide bonds. The maximum Gasteiger partial charge on any atom is 0.129 e. The maximum atomic E-state index is 12.1. The van der Waals surface area contributed by atoms with Crippen LogP contribution < -0.4 is 5.32 Å². The molecule has 6 aliphatic rings. The van der Waals surface area contributed by atoms with Gasteiger partial charge in [-0.25, -0.2) is 15.0 Å². The summed E-state index contributed by atoms with van der Waals surface area (Å²) in [7, 11) is 0. The van der Waals surface area contributed by atoms with Crippen LogP contribution in [0.1, 0.15) is 67.7 Å².